The number of rotatable bonds is 4. The molecule has 5 heteroatoms. The monoisotopic (exact) mass is 391 g/mol. The first kappa shape index (κ1) is 21.6. The molecule has 2 amide bonds. The Kier molecular flexibility index (Phi) is 7.06. The van der Waals surface area contributed by atoms with E-state index in [9.17, 15) is 9.59 Å². The minimum atomic E-state index is 0.0297. The molecule has 1 atom stereocenters. The normalized spacial score (nSPS) is 24.6. The van der Waals surface area contributed by atoms with Crippen LogP contribution in [0.1, 0.15) is 72.6 Å². The smallest absolute Gasteiger partial charge is 0.240 e. The van der Waals surface area contributed by atoms with E-state index in [1.807, 2.05) is 4.90 Å². The lowest BCUT2D eigenvalue weighted by Gasteiger charge is -2.43. The summed E-state index contributed by atoms with van der Waals surface area (Å²) >= 11 is 0. The van der Waals surface area contributed by atoms with Gasteiger partial charge in [0, 0.05) is 45.7 Å². The molecule has 160 valence electrons. The number of amides is 2. The van der Waals surface area contributed by atoms with Crippen LogP contribution in [-0.2, 0) is 9.59 Å². The second-order valence-electron chi connectivity index (χ2n) is 10.7. The molecule has 2 saturated heterocycles. The van der Waals surface area contributed by atoms with Crippen LogP contribution < -0.4 is 0 Å². The maximum atomic E-state index is 13.5. The lowest BCUT2D eigenvalue weighted by Crippen LogP contribution is -2.59. The summed E-state index contributed by atoms with van der Waals surface area (Å²) in [7, 11) is 0. The summed E-state index contributed by atoms with van der Waals surface area (Å²) in [5.41, 5.74) is 0.0297. The van der Waals surface area contributed by atoms with Crippen LogP contribution in [0.15, 0.2) is 0 Å². The number of piperazine rings is 1. The van der Waals surface area contributed by atoms with Gasteiger partial charge in [0.25, 0.3) is 0 Å². The molecule has 3 rings (SSSR count). The molecule has 0 radical (unpaired) electrons. The molecule has 0 aromatic rings. The van der Waals surface area contributed by atoms with E-state index < -0.39 is 0 Å². The largest absolute Gasteiger partial charge is 0.341 e. The number of hydrogen-bond donors (Lipinski definition) is 0. The predicted octanol–water partition coefficient (Wildman–Crippen LogP) is 3.38. The van der Waals surface area contributed by atoms with Crippen LogP contribution in [0, 0.1) is 17.3 Å². The fraction of sp³-hybridized carbons (Fsp3) is 0.913. The minimum Gasteiger partial charge on any atom is -0.341 e. The lowest BCUT2D eigenvalue weighted by molar-refractivity contribution is -0.143. The Bertz CT molecular complexity index is 535. The average Bonchev–Trinajstić information content (AvgIpc) is 3.16. The van der Waals surface area contributed by atoms with Crippen LogP contribution in [-0.4, -0.2) is 71.8 Å². The number of hydrogen-bond acceptors (Lipinski definition) is 3. The second kappa shape index (κ2) is 9.15. The van der Waals surface area contributed by atoms with Gasteiger partial charge in [0.2, 0.25) is 11.8 Å². The maximum Gasteiger partial charge on any atom is 0.240 e. The third-order valence-electron chi connectivity index (χ3n) is 6.94. The van der Waals surface area contributed by atoms with Gasteiger partial charge in [-0.2, -0.15) is 0 Å². The highest BCUT2D eigenvalue weighted by Gasteiger charge is 2.40. The van der Waals surface area contributed by atoms with Gasteiger partial charge < -0.3 is 9.80 Å². The number of carbonyl (C=O) groups excluding carboxylic acids is 2. The van der Waals surface area contributed by atoms with Crippen molar-refractivity contribution in [3.63, 3.8) is 0 Å². The van der Waals surface area contributed by atoms with Crippen LogP contribution in [0.5, 0.6) is 0 Å². The lowest BCUT2D eigenvalue weighted by atomic mass is 9.91. The van der Waals surface area contributed by atoms with Gasteiger partial charge in [0.05, 0.1) is 6.04 Å². The summed E-state index contributed by atoms with van der Waals surface area (Å²) in [5.74, 6) is 1.88. The van der Waals surface area contributed by atoms with E-state index in [0.29, 0.717) is 18.2 Å². The molecule has 0 N–H and O–H groups in total. The molecule has 3 aliphatic rings. The van der Waals surface area contributed by atoms with Crippen molar-refractivity contribution in [2.75, 3.05) is 39.3 Å². The van der Waals surface area contributed by atoms with Crippen LogP contribution >= 0.6 is 0 Å². The van der Waals surface area contributed by atoms with E-state index in [1.165, 1.54) is 25.7 Å². The van der Waals surface area contributed by atoms with Crippen molar-refractivity contribution < 1.29 is 9.59 Å². The molecule has 0 aromatic carbocycles. The van der Waals surface area contributed by atoms with Gasteiger partial charge in [-0.25, -0.2) is 0 Å². The van der Waals surface area contributed by atoms with E-state index in [4.69, 9.17) is 0 Å². The fourth-order valence-corrected chi connectivity index (χ4v) is 5.16. The Balaban J connectivity index is 1.62. The third kappa shape index (κ3) is 5.49. The van der Waals surface area contributed by atoms with Crippen molar-refractivity contribution in [2.45, 2.75) is 78.7 Å². The second-order valence-corrected chi connectivity index (χ2v) is 10.7. The quantitative estimate of drug-likeness (QED) is 0.738. The van der Waals surface area contributed by atoms with Crippen molar-refractivity contribution in [3.8, 4) is 0 Å². The molecule has 1 saturated carbocycles. The molecule has 1 aliphatic carbocycles. The van der Waals surface area contributed by atoms with Gasteiger partial charge in [-0.1, -0.05) is 40.5 Å². The Morgan fingerprint density at radius 2 is 1.43 bits per heavy atom. The van der Waals surface area contributed by atoms with Gasteiger partial charge in [-0.05, 0) is 42.9 Å². The maximum absolute atomic E-state index is 13.5. The molecule has 0 bridgehead atoms. The molecule has 2 aliphatic heterocycles. The summed E-state index contributed by atoms with van der Waals surface area (Å²) in [6, 6.07) is 0.0378. The van der Waals surface area contributed by atoms with Crippen LogP contribution in [0.3, 0.4) is 0 Å². The average molecular weight is 392 g/mol. The number of piperidine rings is 1. The highest BCUT2D eigenvalue weighted by Crippen LogP contribution is 2.33. The first-order chi connectivity index (χ1) is 13.2. The summed E-state index contributed by atoms with van der Waals surface area (Å²) < 4.78 is 0. The highest BCUT2D eigenvalue weighted by molar-refractivity contribution is 5.82. The first-order valence-corrected chi connectivity index (χ1v) is 11.6. The van der Waals surface area contributed by atoms with Gasteiger partial charge >= 0.3 is 0 Å². The van der Waals surface area contributed by atoms with Crippen molar-refractivity contribution >= 4 is 11.8 Å². The van der Waals surface area contributed by atoms with Crippen molar-refractivity contribution in [1.29, 1.82) is 0 Å². The molecule has 0 spiro atoms. The van der Waals surface area contributed by atoms with E-state index in [1.54, 1.807) is 0 Å². The Morgan fingerprint density at radius 1 is 0.857 bits per heavy atom. The zero-order chi connectivity index (χ0) is 20.3. The highest BCUT2D eigenvalue weighted by atomic mass is 16.2. The molecule has 28 heavy (non-hydrogen) atoms. The van der Waals surface area contributed by atoms with Gasteiger partial charge in [0.1, 0.15) is 0 Å². The number of carbonyl (C=O) groups is 2. The molecule has 2 heterocycles. The molecule has 0 aromatic heterocycles. The fourth-order valence-electron chi connectivity index (χ4n) is 5.16. The summed E-state index contributed by atoms with van der Waals surface area (Å²) in [6.07, 6.45) is 7.76. The standard InChI is InChI=1S/C23H41N3O2/c1-18-9-11-26(12-10-18)22(28)21(19-7-5-6-8-19)25-15-13-24(14-16-25)20(27)17-23(2,3)4/h18-19,21H,5-17H2,1-4H3/t21-/m0/s1. The van der Waals surface area contributed by atoms with Gasteiger partial charge in [0.15, 0.2) is 0 Å². The van der Waals surface area contributed by atoms with E-state index >= 15 is 0 Å². The third-order valence-corrected chi connectivity index (χ3v) is 6.94. The first-order valence-electron chi connectivity index (χ1n) is 11.6. The molecule has 3 fully saturated rings. The summed E-state index contributed by atoms with van der Waals surface area (Å²) in [6.45, 7) is 13.7. The molecule has 0 unspecified atom stereocenters. The van der Waals surface area contributed by atoms with Crippen molar-refractivity contribution in [1.82, 2.24) is 14.7 Å². The number of likely N-dealkylation sites (tertiary alicyclic amines) is 1. The predicted molar refractivity (Wildman–Crippen MR) is 113 cm³/mol. The Hall–Kier alpha value is -1.10. The Labute approximate surface area is 171 Å². The SMILES string of the molecule is CC1CCN(C(=O)[C@H](C2CCCC2)N2CCN(C(=O)CC(C)(C)C)CC2)CC1. The minimum absolute atomic E-state index is 0.0297. The summed E-state index contributed by atoms with van der Waals surface area (Å²) in [5, 5.41) is 0. The zero-order valence-corrected chi connectivity index (χ0v) is 18.6. The van der Waals surface area contributed by atoms with E-state index in [2.05, 4.69) is 37.5 Å². The zero-order valence-electron chi connectivity index (χ0n) is 18.6. The molecular weight excluding hydrogens is 350 g/mol. The van der Waals surface area contributed by atoms with E-state index in [0.717, 1.165) is 58.0 Å². The van der Waals surface area contributed by atoms with Gasteiger partial charge in [-0.3, -0.25) is 14.5 Å². The van der Waals surface area contributed by atoms with Crippen LogP contribution in [0.2, 0.25) is 0 Å². The van der Waals surface area contributed by atoms with E-state index in [-0.39, 0.29) is 17.4 Å². The van der Waals surface area contributed by atoms with Crippen LogP contribution in [0.4, 0.5) is 0 Å². The molecular formula is C23H41N3O2. The topological polar surface area (TPSA) is 43.9 Å². The van der Waals surface area contributed by atoms with Gasteiger partial charge in [-0.15, -0.1) is 0 Å². The Morgan fingerprint density at radius 3 is 1.96 bits per heavy atom. The van der Waals surface area contributed by atoms with Crippen molar-refractivity contribution in [3.05, 3.63) is 0 Å². The van der Waals surface area contributed by atoms with Crippen LogP contribution in [0.25, 0.3) is 0 Å². The molecule has 5 nitrogen and oxygen atoms in total. The number of nitrogens with zero attached hydrogens (tertiary/aromatic N) is 3. The van der Waals surface area contributed by atoms with Crippen molar-refractivity contribution in [2.24, 2.45) is 17.3 Å². The summed E-state index contributed by atoms with van der Waals surface area (Å²) in [4.78, 5) is 32.7.